The highest BCUT2D eigenvalue weighted by Crippen LogP contribution is 2.18. The van der Waals surface area contributed by atoms with Crippen LogP contribution in [0.1, 0.15) is 16.7 Å². The highest BCUT2D eigenvalue weighted by atomic mass is 16.2. The van der Waals surface area contributed by atoms with Gasteiger partial charge in [-0.3, -0.25) is 4.79 Å². The highest BCUT2D eigenvalue weighted by Gasteiger charge is 2.22. The van der Waals surface area contributed by atoms with E-state index >= 15 is 0 Å². The quantitative estimate of drug-likeness (QED) is 0.924. The Balaban J connectivity index is 2.30. The number of carbonyl (C=O) groups is 1. The normalized spacial score (nSPS) is 11.4. The van der Waals surface area contributed by atoms with E-state index in [1.807, 2.05) is 49.4 Å². The zero-order valence-corrected chi connectivity index (χ0v) is 13.7. The van der Waals surface area contributed by atoms with Crippen LogP contribution in [0.3, 0.4) is 0 Å². The number of hydrogen-bond acceptors (Lipinski definition) is 3. The second-order valence-corrected chi connectivity index (χ2v) is 5.72. The molecule has 2 aromatic rings. The summed E-state index contributed by atoms with van der Waals surface area (Å²) in [6, 6.07) is 17.0. The van der Waals surface area contributed by atoms with E-state index in [-0.39, 0.29) is 5.91 Å². The Morgan fingerprint density at radius 2 is 1.83 bits per heavy atom. The van der Waals surface area contributed by atoms with Crippen LogP contribution in [0.4, 0.5) is 5.69 Å². The van der Waals surface area contributed by atoms with Crippen LogP contribution in [-0.2, 0) is 11.2 Å². The lowest BCUT2D eigenvalue weighted by atomic mass is 9.99. The number of aryl methyl sites for hydroxylation is 1. The number of likely N-dealkylation sites (N-methyl/N-ethyl adjacent to an activating group) is 1. The molecular weight excluding hydrogens is 286 g/mol. The van der Waals surface area contributed by atoms with E-state index in [1.165, 1.54) is 0 Å². The summed E-state index contributed by atoms with van der Waals surface area (Å²) in [6.07, 6.45) is 0.467. The van der Waals surface area contributed by atoms with Crippen molar-refractivity contribution < 1.29 is 4.79 Å². The average Bonchev–Trinajstić information content (AvgIpc) is 2.55. The molecule has 118 valence electrons. The smallest absolute Gasteiger partial charge is 0.244 e. The second kappa shape index (κ2) is 7.46. The van der Waals surface area contributed by atoms with Gasteiger partial charge in [-0.1, -0.05) is 36.4 Å². The Morgan fingerprint density at radius 1 is 1.17 bits per heavy atom. The summed E-state index contributed by atoms with van der Waals surface area (Å²) in [5, 5.41) is 12.6. The topological polar surface area (TPSA) is 56.1 Å². The number of para-hydroxylation sites is 1. The van der Waals surface area contributed by atoms with Crippen molar-refractivity contribution in [1.29, 1.82) is 5.26 Å². The summed E-state index contributed by atoms with van der Waals surface area (Å²) in [6.45, 7) is 2.00. The number of nitrogens with one attached hydrogen (secondary N) is 1. The molecule has 0 spiro atoms. The van der Waals surface area contributed by atoms with Crippen LogP contribution in [0.25, 0.3) is 0 Å². The summed E-state index contributed by atoms with van der Waals surface area (Å²) in [5.41, 5.74) is 3.49. The molecule has 0 aliphatic carbocycles. The zero-order chi connectivity index (χ0) is 16.8. The van der Waals surface area contributed by atoms with Gasteiger partial charge in [0.2, 0.25) is 5.91 Å². The molecule has 0 saturated heterocycles. The minimum Gasteiger partial charge on any atom is -0.373 e. The zero-order valence-electron chi connectivity index (χ0n) is 13.7. The van der Waals surface area contributed by atoms with Gasteiger partial charge in [0.1, 0.15) is 6.04 Å². The fraction of sp³-hybridized carbons (Fsp3) is 0.263. The van der Waals surface area contributed by atoms with Crippen molar-refractivity contribution >= 4 is 11.6 Å². The average molecular weight is 307 g/mol. The fourth-order valence-electron chi connectivity index (χ4n) is 2.46. The monoisotopic (exact) mass is 307 g/mol. The van der Waals surface area contributed by atoms with Gasteiger partial charge >= 0.3 is 0 Å². The van der Waals surface area contributed by atoms with Crippen LogP contribution >= 0.6 is 0 Å². The van der Waals surface area contributed by atoms with E-state index in [2.05, 4.69) is 11.4 Å². The third-order valence-electron chi connectivity index (χ3n) is 3.78. The first kappa shape index (κ1) is 16.6. The SMILES string of the molecule is Cc1ccccc1NC(Cc1ccccc1C#N)C(=O)N(C)C. The predicted molar refractivity (Wildman–Crippen MR) is 92.1 cm³/mol. The van der Waals surface area contributed by atoms with Crippen LogP contribution in [0.5, 0.6) is 0 Å². The third-order valence-corrected chi connectivity index (χ3v) is 3.78. The molecule has 4 heteroatoms. The summed E-state index contributed by atoms with van der Waals surface area (Å²) < 4.78 is 0. The van der Waals surface area contributed by atoms with Crippen molar-refractivity contribution in [2.75, 3.05) is 19.4 Å². The van der Waals surface area contributed by atoms with Crippen molar-refractivity contribution in [2.24, 2.45) is 0 Å². The third kappa shape index (κ3) is 4.10. The number of nitrogens with zero attached hydrogens (tertiary/aromatic N) is 2. The first-order chi connectivity index (χ1) is 11.0. The number of rotatable bonds is 5. The summed E-state index contributed by atoms with van der Waals surface area (Å²) in [5.74, 6) is -0.0130. The molecule has 23 heavy (non-hydrogen) atoms. The van der Waals surface area contributed by atoms with Crippen LogP contribution in [0.2, 0.25) is 0 Å². The van der Waals surface area contributed by atoms with Crippen LogP contribution in [-0.4, -0.2) is 30.9 Å². The molecule has 0 aromatic heterocycles. The van der Waals surface area contributed by atoms with Crippen molar-refractivity contribution in [1.82, 2.24) is 4.90 Å². The Bertz CT molecular complexity index is 731. The Hall–Kier alpha value is -2.80. The second-order valence-electron chi connectivity index (χ2n) is 5.72. The van der Waals surface area contributed by atoms with Gasteiger partial charge in [0.25, 0.3) is 0 Å². The van der Waals surface area contributed by atoms with Gasteiger partial charge < -0.3 is 10.2 Å². The molecule has 0 aliphatic rings. The standard InChI is InChI=1S/C19H21N3O/c1-14-8-4-7-11-17(14)21-18(19(23)22(2)3)12-15-9-5-6-10-16(15)13-20/h4-11,18,21H,12H2,1-3H3. The largest absolute Gasteiger partial charge is 0.373 e. The molecular formula is C19H21N3O. The number of anilines is 1. The van der Waals surface area contributed by atoms with Gasteiger partial charge in [-0.2, -0.15) is 5.26 Å². The Kier molecular flexibility index (Phi) is 5.37. The van der Waals surface area contributed by atoms with E-state index in [9.17, 15) is 10.1 Å². The summed E-state index contributed by atoms with van der Waals surface area (Å²) >= 11 is 0. The predicted octanol–water partition coefficient (Wildman–Crippen LogP) is 2.98. The maximum Gasteiger partial charge on any atom is 0.244 e. The lowest BCUT2D eigenvalue weighted by Crippen LogP contribution is -2.40. The van der Waals surface area contributed by atoms with Crippen LogP contribution < -0.4 is 5.32 Å². The molecule has 2 aromatic carbocycles. The van der Waals surface area contributed by atoms with Gasteiger partial charge in [-0.25, -0.2) is 0 Å². The molecule has 0 bridgehead atoms. The van der Waals surface area contributed by atoms with Gasteiger partial charge in [0.15, 0.2) is 0 Å². The summed E-state index contributed by atoms with van der Waals surface area (Å²) in [4.78, 5) is 14.1. The molecule has 0 aliphatic heterocycles. The molecule has 1 amide bonds. The molecule has 2 rings (SSSR count). The number of hydrogen-bond donors (Lipinski definition) is 1. The maximum atomic E-state index is 12.5. The van der Waals surface area contributed by atoms with Crippen LogP contribution in [0, 0.1) is 18.3 Å². The minimum atomic E-state index is -0.416. The van der Waals surface area contributed by atoms with E-state index < -0.39 is 6.04 Å². The lowest BCUT2D eigenvalue weighted by molar-refractivity contribution is -0.129. The van der Waals surface area contributed by atoms with Gasteiger partial charge in [-0.05, 0) is 30.2 Å². The summed E-state index contributed by atoms with van der Waals surface area (Å²) in [7, 11) is 3.48. The Morgan fingerprint density at radius 3 is 2.48 bits per heavy atom. The number of carbonyl (C=O) groups excluding carboxylic acids is 1. The van der Waals surface area contributed by atoms with E-state index in [0.717, 1.165) is 16.8 Å². The molecule has 0 radical (unpaired) electrons. The Labute approximate surface area is 137 Å². The fourth-order valence-corrected chi connectivity index (χ4v) is 2.46. The van der Waals surface area contributed by atoms with E-state index in [1.54, 1.807) is 25.1 Å². The van der Waals surface area contributed by atoms with Gasteiger partial charge in [0, 0.05) is 26.2 Å². The van der Waals surface area contributed by atoms with Crippen molar-refractivity contribution in [3.8, 4) is 6.07 Å². The number of nitriles is 1. The van der Waals surface area contributed by atoms with Crippen molar-refractivity contribution in [3.05, 3.63) is 65.2 Å². The molecule has 4 nitrogen and oxygen atoms in total. The van der Waals surface area contributed by atoms with Crippen molar-refractivity contribution in [2.45, 2.75) is 19.4 Å². The molecule has 0 heterocycles. The molecule has 0 fully saturated rings. The molecule has 0 saturated carbocycles. The van der Waals surface area contributed by atoms with Crippen molar-refractivity contribution in [3.63, 3.8) is 0 Å². The molecule has 1 N–H and O–H groups in total. The van der Waals surface area contributed by atoms with E-state index in [0.29, 0.717) is 12.0 Å². The van der Waals surface area contributed by atoms with Gasteiger partial charge in [0.05, 0.1) is 11.6 Å². The highest BCUT2D eigenvalue weighted by molar-refractivity contribution is 5.85. The van der Waals surface area contributed by atoms with Crippen LogP contribution in [0.15, 0.2) is 48.5 Å². The first-order valence-electron chi connectivity index (χ1n) is 7.54. The molecule has 1 unspecified atom stereocenters. The van der Waals surface area contributed by atoms with E-state index in [4.69, 9.17) is 0 Å². The number of amides is 1. The number of benzene rings is 2. The van der Waals surface area contributed by atoms with Gasteiger partial charge in [-0.15, -0.1) is 0 Å². The maximum absolute atomic E-state index is 12.5. The molecule has 1 atom stereocenters. The minimum absolute atomic E-state index is 0.0130. The lowest BCUT2D eigenvalue weighted by Gasteiger charge is -2.24. The first-order valence-corrected chi connectivity index (χ1v) is 7.54.